The molecule has 0 unspecified atom stereocenters. The molecule has 0 spiro atoms. The third-order valence-electron chi connectivity index (χ3n) is 2.15. The Labute approximate surface area is 85.9 Å². The molecule has 1 saturated heterocycles. The zero-order valence-corrected chi connectivity index (χ0v) is 8.05. The minimum absolute atomic E-state index is 0.0493. The monoisotopic (exact) mass is 216 g/mol. The molecular weight excluding hydrogens is 204 g/mol. The molecule has 0 bridgehead atoms. The van der Waals surface area contributed by atoms with Crippen LogP contribution in [0.3, 0.4) is 0 Å². The van der Waals surface area contributed by atoms with Gasteiger partial charge >= 0.3 is 12.2 Å². The van der Waals surface area contributed by atoms with E-state index < -0.39 is 18.1 Å². The van der Waals surface area contributed by atoms with Crippen molar-refractivity contribution in [2.24, 2.45) is 0 Å². The standard InChI is InChI=1S/C8H12N2O5/c11-6-4-2-1-3-5-9(6)10(7(12)13)8(14)15/h1-5H2,(H,12,13)(H,14,15). The van der Waals surface area contributed by atoms with Crippen molar-refractivity contribution >= 4 is 18.1 Å². The number of carboxylic acid groups (broad SMARTS) is 2. The fraction of sp³-hybridized carbons (Fsp3) is 0.625. The van der Waals surface area contributed by atoms with Gasteiger partial charge in [-0.1, -0.05) is 6.42 Å². The van der Waals surface area contributed by atoms with E-state index in [2.05, 4.69) is 0 Å². The van der Waals surface area contributed by atoms with Crippen molar-refractivity contribution in [1.82, 2.24) is 10.0 Å². The largest absolute Gasteiger partial charge is 0.463 e. The fourth-order valence-electron chi connectivity index (χ4n) is 1.47. The Kier molecular flexibility index (Phi) is 3.48. The highest BCUT2D eigenvalue weighted by Crippen LogP contribution is 2.13. The number of imide groups is 1. The minimum Gasteiger partial charge on any atom is -0.463 e. The number of rotatable bonds is 1. The molecule has 1 fully saturated rings. The average Bonchev–Trinajstić information content (AvgIpc) is 2.31. The quantitative estimate of drug-likeness (QED) is 0.680. The van der Waals surface area contributed by atoms with Gasteiger partial charge in [0.2, 0.25) is 5.91 Å². The lowest BCUT2D eigenvalue weighted by atomic mass is 10.2. The molecule has 0 aliphatic carbocycles. The van der Waals surface area contributed by atoms with Crippen molar-refractivity contribution in [2.75, 3.05) is 6.54 Å². The molecule has 1 aliphatic rings. The summed E-state index contributed by atoms with van der Waals surface area (Å²) < 4.78 is 0. The van der Waals surface area contributed by atoms with Crippen LogP contribution in [0.15, 0.2) is 0 Å². The SMILES string of the molecule is O=C1CCCCCN1N(C(=O)O)C(=O)O. The van der Waals surface area contributed by atoms with Gasteiger partial charge in [-0.05, 0) is 12.8 Å². The van der Waals surface area contributed by atoms with Crippen molar-refractivity contribution in [1.29, 1.82) is 0 Å². The summed E-state index contributed by atoms with van der Waals surface area (Å²) in [6, 6.07) is 0. The number of amides is 3. The van der Waals surface area contributed by atoms with E-state index >= 15 is 0 Å². The van der Waals surface area contributed by atoms with Gasteiger partial charge in [0.25, 0.3) is 0 Å². The van der Waals surface area contributed by atoms with E-state index in [-0.39, 0.29) is 18.0 Å². The van der Waals surface area contributed by atoms with Crippen LogP contribution in [0.5, 0.6) is 0 Å². The molecule has 3 amide bonds. The second-order valence-electron chi connectivity index (χ2n) is 3.20. The second-order valence-corrected chi connectivity index (χ2v) is 3.20. The number of hydrogen-bond donors (Lipinski definition) is 2. The first kappa shape index (κ1) is 11.3. The Morgan fingerprint density at radius 2 is 1.73 bits per heavy atom. The Bertz CT molecular complexity index is 277. The fourth-order valence-corrected chi connectivity index (χ4v) is 1.47. The van der Waals surface area contributed by atoms with Crippen LogP contribution in [0.25, 0.3) is 0 Å². The molecule has 7 nitrogen and oxygen atoms in total. The molecule has 84 valence electrons. The van der Waals surface area contributed by atoms with Gasteiger partial charge in [-0.2, -0.15) is 0 Å². The van der Waals surface area contributed by atoms with Crippen molar-refractivity contribution in [3.05, 3.63) is 0 Å². The highest BCUT2D eigenvalue weighted by Gasteiger charge is 2.31. The maximum absolute atomic E-state index is 11.4. The summed E-state index contributed by atoms with van der Waals surface area (Å²) in [6.45, 7) is 0.136. The normalized spacial score (nSPS) is 17.1. The Hall–Kier alpha value is -1.79. The number of carbonyl (C=O) groups excluding carboxylic acids is 1. The summed E-state index contributed by atoms with van der Waals surface area (Å²) in [5, 5.41) is 18.1. The molecule has 0 atom stereocenters. The van der Waals surface area contributed by atoms with Gasteiger partial charge in [-0.25, -0.2) is 14.6 Å². The van der Waals surface area contributed by atoms with E-state index in [9.17, 15) is 14.4 Å². The average molecular weight is 216 g/mol. The van der Waals surface area contributed by atoms with Gasteiger partial charge in [-0.3, -0.25) is 4.79 Å². The van der Waals surface area contributed by atoms with Crippen LogP contribution < -0.4 is 0 Å². The lowest BCUT2D eigenvalue weighted by molar-refractivity contribution is -0.142. The Balaban J connectivity index is 2.84. The molecular formula is C8H12N2O5. The predicted molar refractivity (Wildman–Crippen MR) is 48.1 cm³/mol. The molecule has 1 rings (SSSR count). The molecule has 15 heavy (non-hydrogen) atoms. The highest BCUT2D eigenvalue weighted by molar-refractivity contribution is 5.89. The molecule has 0 radical (unpaired) electrons. The third kappa shape index (κ3) is 2.58. The first-order valence-electron chi connectivity index (χ1n) is 4.60. The van der Waals surface area contributed by atoms with Crippen LogP contribution in [0.1, 0.15) is 25.7 Å². The van der Waals surface area contributed by atoms with Crippen LogP contribution in [-0.4, -0.2) is 44.9 Å². The summed E-state index contributed by atoms with van der Waals surface area (Å²) >= 11 is 0. The van der Waals surface area contributed by atoms with Crippen molar-refractivity contribution < 1.29 is 24.6 Å². The summed E-state index contributed by atoms with van der Waals surface area (Å²) in [7, 11) is 0. The maximum atomic E-state index is 11.4. The van der Waals surface area contributed by atoms with E-state index in [1.807, 2.05) is 0 Å². The van der Waals surface area contributed by atoms with Crippen molar-refractivity contribution in [3.8, 4) is 0 Å². The van der Waals surface area contributed by atoms with Crippen LogP contribution in [-0.2, 0) is 4.79 Å². The number of nitrogens with zero attached hydrogens (tertiary/aromatic N) is 2. The van der Waals surface area contributed by atoms with Crippen molar-refractivity contribution in [3.63, 3.8) is 0 Å². The van der Waals surface area contributed by atoms with Gasteiger partial charge < -0.3 is 10.2 Å². The van der Waals surface area contributed by atoms with Crippen LogP contribution in [0.2, 0.25) is 0 Å². The number of carbonyl (C=O) groups is 3. The Morgan fingerprint density at radius 3 is 2.27 bits per heavy atom. The molecule has 0 aromatic rings. The summed E-state index contributed by atoms with van der Waals surface area (Å²) in [6.07, 6.45) is -1.03. The van der Waals surface area contributed by atoms with Crippen LogP contribution >= 0.6 is 0 Å². The Morgan fingerprint density at radius 1 is 1.13 bits per heavy atom. The highest BCUT2D eigenvalue weighted by atomic mass is 16.4. The van der Waals surface area contributed by atoms with E-state index in [1.54, 1.807) is 0 Å². The lowest BCUT2D eigenvalue weighted by Gasteiger charge is -2.27. The summed E-state index contributed by atoms with van der Waals surface area (Å²) in [5.41, 5.74) is 0. The maximum Gasteiger partial charge on any atom is 0.436 e. The van der Waals surface area contributed by atoms with Gasteiger partial charge in [0, 0.05) is 13.0 Å². The predicted octanol–water partition coefficient (Wildman–Crippen LogP) is 0.962. The third-order valence-corrected chi connectivity index (χ3v) is 2.15. The lowest BCUT2D eigenvalue weighted by Crippen LogP contribution is -2.51. The van der Waals surface area contributed by atoms with Crippen molar-refractivity contribution in [2.45, 2.75) is 25.7 Å². The second kappa shape index (κ2) is 4.63. The molecule has 0 aromatic heterocycles. The first-order chi connectivity index (χ1) is 7.04. The molecule has 1 heterocycles. The molecule has 0 saturated carbocycles. The van der Waals surface area contributed by atoms with E-state index in [4.69, 9.17) is 10.2 Å². The van der Waals surface area contributed by atoms with Gasteiger partial charge in [0.1, 0.15) is 0 Å². The summed E-state index contributed by atoms with van der Waals surface area (Å²) in [4.78, 5) is 32.7. The topological polar surface area (TPSA) is 98.2 Å². The number of hydrogen-bond acceptors (Lipinski definition) is 3. The van der Waals surface area contributed by atoms with Gasteiger partial charge in [-0.15, -0.1) is 5.01 Å². The first-order valence-corrected chi connectivity index (χ1v) is 4.60. The zero-order valence-electron chi connectivity index (χ0n) is 8.05. The van der Waals surface area contributed by atoms with Crippen LogP contribution in [0.4, 0.5) is 9.59 Å². The number of hydrazine groups is 1. The zero-order chi connectivity index (χ0) is 11.4. The molecule has 7 heteroatoms. The molecule has 2 N–H and O–H groups in total. The van der Waals surface area contributed by atoms with Crippen LogP contribution in [0, 0.1) is 0 Å². The van der Waals surface area contributed by atoms with Gasteiger partial charge in [0.05, 0.1) is 0 Å². The molecule has 0 aromatic carbocycles. The summed E-state index contributed by atoms with van der Waals surface area (Å²) in [5.74, 6) is -0.461. The van der Waals surface area contributed by atoms with E-state index in [0.717, 1.165) is 11.4 Å². The van der Waals surface area contributed by atoms with Gasteiger partial charge in [0.15, 0.2) is 0 Å². The van der Waals surface area contributed by atoms with E-state index in [1.165, 1.54) is 0 Å². The molecule has 1 aliphatic heterocycles. The minimum atomic E-state index is -1.65. The van der Waals surface area contributed by atoms with E-state index in [0.29, 0.717) is 12.8 Å². The smallest absolute Gasteiger partial charge is 0.436 e.